The van der Waals surface area contributed by atoms with Crippen molar-refractivity contribution in [1.29, 1.82) is 0 Å². The summed E-state index contributed by atoms with van der Waals surface area (Å²) in [6.45, 7) is 11.5. The molecule has 0 saturated carbocycles. The van der Waals surface area contributed by atoms with Gasteiger partial charge in [0.25, 0.3) is 0 Å². The maximum atomic E-state index is 8.49. The first-order chi connectivity index (χ1) is 16.0. The zero-order valence-corrected chi connectivity index (χ0v) is 21.7. The maximum Gasteiger partial charge on any atom is 0.203 e. The molecule has 2 aliphatic heterocycles. The SMILES string of the molecule is CCN1/C(=C\c2cc(C)c3ccc(=[N+](CC)CC)cc-3o2)Sc2ccc(Cl)cc21.[O-][Cl+3]([O-])([O-])[O-]. The van der Waals surface area contributed by atoms with Crippen LogP contribution in [0, 0.1) is 17.2 Å². The van der Waals surface area contributed by atoms with Crippen LogP contribution in [0.2, 0.25) is 5.02 Å². The van der Waals surface area contributed by atoms with Gasteiger partial charge in [-0.2, -0.15) is 0 Å². The fraction of sp³-hybridized carbons (Fsp3) is 0.292. The fourth-order valence-corrected chi connectivity index (χ4v) is 5.17. The molecule has 1 aliphatic carbocycles. The highest BCUT2D eigenvalue weighted by Crippen LogP contribution is 2.47. The van der Waals surface area contributed by atoms with Gasteiger partial charge in [0.05, 0.1) is 16.8 Å². The van der Waals surface area contributed by atoms with Crippen LogP contribution in [-0.2, 0) is 0 Å². The predicted octanol–water partition coefficient (Wildman–Crippen LogP) is 1.33. The van der Waals surface area contributed by atoms with E-state index in [0.29, 0.717) is 0 Å². The van der Waals surface area contributed by atoms with Gasteiger partial charge in [-0.3, -0.25) is 0 Å². The van der Waals surface area contributed by atoms with Crippen molar-refractivity contribution < 1.29 is 33.3 Å². The Hall–Kier alpha value is -2.04. The first-order valence-corrected chi connectivity index (χ1v) is 13.2. The van der Waals surface area contributed by atoms with E-state index in [1.54, 1.807) is 11.8 Å². The van der Waals surface area contributed by atoms with Crippen LogP contribution in [0.5, 0.6) is 0 Å². The summed E-state index contributed by atoms with van der Waals surface area (Å²) in [5.41, 5.74) is 3.54. The monoisotopic (exact) mass is 524 g/mol. The molecule has 0 unspecified atom stereocenters. The Labute approximate surface area is 210 Å². The van der Waals surface area contributed by atoms with Gasteiger partial charge in [0.15, 0.2) is 0 Å². The van der Waals surface area contributed by atoms with E-state index in [0.717, 1.165) is 52.5 Å². The summed E-state index contributed by atoms with van der Waals surface area (Å²) < 4.78 is 42.6. The van der Waals surface area contributed by atoms with Crippen LogP contribution in [0.15, 0.2) is 56.8 Å². The van der Waals surface area contributed by atoms with Gasteiger partial charge in [-0.25, -0.2) is 23.2 Å². The minimum Gasteiger partial charge on any atom is -0.456 e. The average Bonchev–Trinajstić information content (AvgIpc) is 3.09. The van der Waals surface area contributed by atoms with E-state index in [1.165, 1.54) is 15.8 Å². The molecule has 34 heavy (non-hydrogen) atoms. The fourth-order valence-electron chi connectivity index (χ4n) is 3.85. The normalized spacial score (nSPS) is 14.3. The Morgan fingerprint density at radius 2 is 1.71 bits per heavy atom. The lowest BCUT2D eigenvalue weighted by Crippen LogP contribution is -2.68. The Morgan fingerprint density at radius 1 is 1.03 bits per heavy atom. The second-order valence-corrected chi connectivity index (χ2v) is 9.76. The second-order valence-electron chi connectivity index (χ2n) is 7.50. The van der Waals surface area contributed by atoms with Gasteiger partial charge in [0.1, 0.15) is 24.6 Å². The summed E-state index contributed by atoms with van der Waals surface area (Å²) in [5.74, 6) is 1.79. The lowest BCUT2D eigenvalue weighted by Gasteiger charge is -2.18. The van der Waals surface area contributed by atoms with Gasteiger partial charge < -0.3 is 9.32 Å². The van der Waals surface area contributed by atoms with Gasteiger partial charge in [-0.05, 0) is 63.6 Å². The number of hydrogen-bond acceptors (Lipinski definition) is 7. The smallest absolute Gasteiger partial charge is 0.203 e. The molecule has 3 aliphatic rings. The largest absolute Gasteiger partial charge is 0.456 e. The minimum atomic E-state index is -4.94. The van der Waals surface area contributed by atoms with Crippen LogP contribution in [0.3, 0.4) is 0 Å². The molecule has 0 saturated heterocycles. The highest BCUT2D eigenvalue weighted by atomic mass is 35.7. The molecule has 182 valence electrons. The number of benzene rings is 2. The summed E-state index contributed by atoms with van der Waals surface area (Å²) in [5, 5.41) is 3.12. The van der Waals surface area contributed by atoms with E-state index in [2.05, 4.69) is 73.6 Å². The lowest BCUT2D eigenvalue weighted by atomic mass is 10.0. The molecule has 7 nitrogen and oxygen atoms in total. The molecule has 0 atom stereocenters. The van der Waals surface area contributed by atoms with Crippen LogP contribution in [-0.4, -0.2) is 19.6 Å². The topological polar surface area (TPSA) is 112 Å². The van der Waals surface area contributed by atoms with Crippen molar-refractivity contribution >= 4 is 35.1 Å². The molecule has 0 fully saturated rings. The molecule has 0 aromatic heterocycles. The van der Waals surface area contributed by atoms with Crippen molar-refractivity contribution in [3.8, 4) is 11.3 Å². The number of aryl methyl sites for hydroxylation is 1. The molecule has 1 aromatic carbocycles. The molecule has 10 heteroatoms. The third kappa shape index (κ3) is 6.55. The Bertz CT molecular complexity index is 1220. The van der Waals surface area contributed by atoms with E-state index in [1.807, 2.05) is 12.1 Å². The van der Waals surface area contributed by atoms with Crippen molar-refractivity contribution in [2.45, 2.75) is 32.6 Å². The molecular weight excluding hydrogens is 499 g/mol. The van der Waals surface area contributed by atoms with Crippen LogP contribution < -0.4 is 33.5 Å². The van der Waals surface area contributed by atoms with Gasteiger partial charge in [-0.15, -0.1) is 10.2 Å². The van der Waals surface area contributed by atoms with Crippen molar-refractivity contribution in [2.24, 2.45) is 0 Å². The van der Waals surface area contributed by atoms with E-state index < -0.39 is 10.2 Å². The minimum absolute atomic E-state index is 0.763. The third-order valence-corrected chi connectivity index (χ3v) is 6.73. The van der Waals surface area contributed by atoms with Gasteiger partial charge >= 0.3 is 0 Å². The Kier molecular flexibility index (Phi) is 8.70. The van der Waals surface area contributed by atoms with E-state index in [9.17, 15) is 0 Å². The summed E-state index contributed by atoms with van der Waals surface area (Å²) in [4.78, 5) is 3.51. The summed E-state index contributed by atoms with van der Waals surface area (Å²) >= 11 is 7.99. The number of thioether (sulfide) groups is 1. The zero-order chi connectivity index (χ0) is 25.0. The van der Waals surface area contributed by atoms with E-state index in [4.69, 9.17) is 34.7 Å². The summed E-state index contributed by atoms with van der Waals surface area (Å²) in [7, 11) is -4.94. The number of anilines is 1. The van der Waals surface area contributed by atoms with Crippen LogP contribution >= 0.6 is 23.4 Å². The average molecular weight is 525 g/mol. The first kappa shape index (κ1) is 26.6. The molecule has 0 radical (unpaired) electrons. The van der Waals surface area contributed by atoms with Crippen molar-refractivity contribution in [2.75, 3.05) is 24.5 Å². The predicted molar refractivity (Wildman–Crippen MR) is 125 cm³/mol. The lowest BCUT2D eigenvalue weighted by molar-refractivity contribution is -2.00. The van der Waals surface area contributed by atoms with Crippen molar-refractivity contribution in [3.05, 3.63) is 69.2 Å². The summed E-state index contributed by atoms with van der Waals surface area (Å²) in [6.07, 6.45) is 2.14. The Balaban J connectivity index is 0.000000588. The van der Waals surface area contributed by atoms with Crippen LogP contribution in [0.25, 0.3) is 17.4 Å². The first-order valence-electron chi connectivity index (χ1n) is 10.7. The van der Waals surface area contributed by atoms with Gasteiger partial charge in [0.2, 0.25) is 5.36 Å². The van der Waals surface area contributed by atoms with Crippen molar-refractivity contribution in [1.82, 2.24) is 4.58 Å². The van der Waals surface area contributed by atoms with Crippen LogP contribution in [0.1, 0.15) is 32.1 Å². The molecule has 0 N–H and O–H groups in total. The molecule has 4 rings (SSSR count). The number of hydrogen-bond donors (Lipinski definition) is 0. The standard InChI is InChI=1S/C24H26ClN2OS.ClHO4/c1-5-26(6-2)18-9-10-20-16(4)12-19(28-22(20)14-18)15-24-27(7-3)21-13-17(25)8-11-23(21)29-24;2-1(3,4)5/h8-15H,5-7H2,1-4H3;(H,2,3,4,5)/q+1;/p-1. The second kappa shape index (κ2) is 11.1. The van der Waals surface area contributed by atoms with Crippen LogP contribution in [0.4, 0.5) is 5.69 Å². The Morgan fingerprint density at radius 3 is 2.32 bits per heavy atom. The molecule has 0 bridgehead atoms. The van der Waals surface area contributed by atoms with Gasteiger partial charge in [0, 0.05) is 34.2 Å². The number of nitrogens with zero attached hydrogens (tertiary/aromatic N) is 2. The van der Waals surface area contributed by atoms with Gasteiger partial charge in [-0.1, -0.05) is 23.4 Å². The molecule has 1 aromatic rings. The molecule has 2 heterocycles. The number of halogens is 2. The quantitative estimate of drug-likeness (QED) is 0.473. The number of fused-ring (bicyclic) bond motifs is 2. The number of rotatable bonds is 4. The maximum absolute atomic E-state index is 8.49. The molecule has 0 amide bonds. The molecule has 0 spiro atoms. The molecular formula is C24H26Cl2N2O5S. The van der Waals surface area contributed by atoms with E-state index in [-0.39, 0.29) is 0 Å². The zero-order valence-electron chi connectivity index (χ0n) is 19.3. The van der Waals surface area contributed by atoms with E-state index >= 15 is 0 Å². The highest BCUT2D eigenvalue weighted by molar-refractivity contribution is 8.03. The summed E-state index contributed by atoms with van der Waals surface area (Å²) in [6, 6.07) is 14.7. The highest BCUT2D eigenvalue weighted by Gasteiger charge is 2.24. The third-order valence-electron chi connectivity index (χ3n) is 5.38. The van der Waals surface area contributed by atoms with Crippen molar-refractivity contribution in [3.63, 3.8) is 0 Å².